The third-order valence-corrected chi connectivity index (χ3v) is 4.49. The van der Waals surface area contributed by atoms with Crippen molar-refractivity contribution >= 4 is 17.5 Å². The summed E-state index contributed by atoms with van der Waals surface area (Å²) in [5.74, 6) is -0.788. The molecule has 1 aromatic rings. The van der Waals surface area contributed by atoms with Crippen LogP contribution in [0.4, 0.5) is 4.39 Å². The van der Waals surface area contributed by atoms with Crippen molar-refractivity contribution in [3.05, 3.63) is 29.0 Å². The number of likely N-dealkylation sites (tertiary alicyclic amines) is 1. The van der Waals surface area contributed by atoms with Gasteiger partial charge in [-0.25, -0.2) is 4.39 Å². The number of ether oxygens (including phenoxy) is 3. The lowest BCUT2D eigenvalue weighted by Crippen LogP contribution is -2.50. The molecule has 0 bridgehead atoms. The van der Waals surface area contributed by atoms with Gasteiger partial charge in [-0.2, -0.15) is 0 Å². The van der Waals surface area contributed by atoms with Gasteiger partial charge >= 0.3 is 0 Å². The Morgan fingerprint density at radius 1 is 1.35 bits per heavy atom. The topological polar surface area (TPSA) is 48.0 Å². The van der Waals surface area contributed by atoms with Crippen LogP contribution in [-0.4, -0.2) is 49.0 Å². The van der Waals surface area contributed by atoms with Crippen molar-refractivity contribution < 1.29 is 23.4 Å². The highest BCUT2D eigenvalue weighted by molar-refractivity contribution is 6.32. The molecule has 0 unspecified atom stereocenters. The Kier molecular flexibility index (Phi) is 4.75. The van der Waals surface area contributed by atoms with Gasteiger partial charge in [-0.15, -0.1) is 0 Å². The first-order valence-electron chi connectivity index (χ1n) is 7.67. The van der Waals surface area contributed by atoms with Crippen LogP contribution in [0.5, 0.6) is 5.75 Å². The second-order valence-electron chi connectivity index (χ2n) is 5.77. The molecule has 0 aliphatic carbocycles. The van der Waals surface area contributed by atoms with Gasteiger partial charge in [-0.3, -0.25) is 4.79 Å². The molecule has 3 rings (SSSR count). The highest BCUT2D eigenvalue weighted by atomic mass is 35.5. The number of carbonyl (C=O) groups excluding carboxylic acids is 1. The Bertz CT molecular complexity index is 581. The second kappa shape index (κ2) is 6.63. The van der Waals surface area contributed by atoms with Crippen LogP contribution in [-0.2, 0) is 14.3 Å². The number of nitrogens with zero attached hydrogens (tertiary/aromatic N) is 1. The minimum atomic E-state index is -0.697. The lowest BCUT2D eigenvalue weighted by atomic mass is 10.0. The van der Waals surface area contributed by atoms with E-state index in [4.69, 9.17) is 25.8 Å². The standard InChI is InChI=1S/C16H19ClFNO4/c1-11(23-14-3-2-12(18)10-13(14)17)15(20)19-6-4-16(5-7-19)21-8-9-22-16/h2-3,10-11H,4-9H2,1H3/t11-/m1/s1. The number of rotatable bonds is 3. The number of benzene rings is 1. The molecule has 2 saturated heterocycles. The first kappa shape index (κ1) is 16.5. The maximum atomic E-state index is 13.0. The molecule has 0 aromatic heterocycles. The maximum Gasteiger partial charge on any atom is 0.263 e. The lowest BCUT2D eigenvalue weighted by molar-refractivity contribution is -0.188. The van der Waals surface area contributed by atoms with Gasteiger partial charge in [0, 0.05) is 25.9 Å². The zero-order valence-electron chi connectivity index (χ0n) is 12.9. The molecule has 2 aliphatic heterocycles. The van der Waals surface area contributed by atoms with Crippen LogP contribution in [0, 0.1) is 5.82 Å². The summed E-state index contributed by atoms with van der Waals surface area (Å²) in [5.41, 5.74) is 0. The number of hydrogen-bond donors (Lipinski definition) is 0. The molecule has 2 heterocycles. The van der Waals surface area contributed by atoms with E-state index in [9.17, 15) is 9.18 Å². The zero-order valence-corrected chi connectivity index (χ0v) is 13.6. The number of amides is 1. The third-order valence-electron chi connectivity index (χ3n) is 4.20. The van der Waals surface area contributed by atoms with Gasteiger partial charge in [-0.05, 0) is 25.1 Å². The molecule has 7 heteroatoms. The van der Waals surface area contributed by atoms with Crippen LogP contribution < -0.4 is 4.74 Å². The molecular formula is C16H19ClFNO4. The van der Waals surface area contributed by atoms with E-state index in [-0.39, 0.29) is 10.9 Å². The van der Waals surface area contributed by atoms with E-state index >= 15 is 0 Å². The number of hydrogen-bond acceptors (Lipinski definition) is 4. The molecule has 1 amide bonds. The predicted octanol–water partition coefficient (Wildman–Crippen LogP) is 2.61. The van der Waals surface area contributed by atoms with Crippen molar-refractivity contribution in [1.82, 2.24) is 4.90 Å². The summed E-state index contributed by atoms with van der Waals surface area (Å²) in [4.78, 5) is 14.2. The molecule has 1 spiro atoms. The summed E-state index contributed by atoms with van der Waals surface area (Å²) < 4.78 is 29.9. The van der Waals surface area contributed by atoms with E-state index in [0.29, 0.717) is 44.9 Å². The molecule has 1 aromatic carbocycles. The fourth-order valence-corrected chi connectivity index (χ4v) is 3.13. The largest absolute Gasteiger partial charge is 0.479 e. The number of carbonyl (C=O) groups is 1. The smallest absolute Gasteiger partial charge is 0.263 e. The van der Waals surface area contributed by atoms with Crippen LogP contribution in [0.25, 0.3) is 0 Å². The highest BCUT2D eigenvalue weighted by Crippen LogP contribution is 2.32. The molecule has 23 heavy (non-hydrogen) atoms. The molecule has 2 aliphatic rings. The summed E-state index contributed by atoms with van der Waals surface area (Å²) in [7, 11) is 0. The summed E-state index contributed by atoms with van der Waals surface area (Å²) in [5, 5.41) is 0.148. The van der Waals surface area contributed by atoms with Crippen molar-refractivity contribution in [2.45, 2.75) is 31.7 Å². The van der Waals surface area contributed by atoms with E-state index < -0.39 is 17.7 Å². The second-order valence-corrected chi connectivity index (χ2v) is 6.17. The normalized spacial score (nSPS) is 21.4. The van der Waals surface area contributed by atoms with Crippen LogP contribution >= 0.6 is 11.6 Å². The van der Waals surface area contributed by atoms with Crippen molar-refractivity contribution in [2.75, 3.05) is 26.3 Å². The van der Waals surface area contributed by atoms with Gasteiger partial charge < -0.3 is 19.1 Å². The fourth-order valence-electron chi connectivity index (χ4n) is 2.92. The van der Waals surface area contributed by atoms with Crippen LogP contribution in [0.1, 0.15) is 19.8 Å². The van der Waals surface area contributed by atoms with Gasteiger partial charge in [0.25, 0.3) is 5.91 Å². The molecule has 126 valence electrons. The van der Waals surface area contributed by atoms with Gasteiger partial charge in [0.1, 0.15) is 11.6 Å². The summed E-state index contributed by atoms with van der Waals surface area (Å²) in [6, 6.07) is 3.83. The molecule has 5 nitrogen and oxygen atoms in total. The average Bonchev–Trinajstić information content (AvgIpc) is 2.98. The Balaban J connectivity index is 1.57. The van der Waals surface area contributed by atoms with Gasteiger partial charge in [0.05, 0.1) is 18.2 Å². The predicted molar refractivity (Wildman–Crippen MR) is 81.9 cm³/mol. The van der Waals surface area contributed by atoms with E-state index in [1.54, 1.807) is 11.8 Å². The van der Waals surface area contributed by atoms with Gasteiger partial charge in [-0.1, -0.05) is 11.6 Å². The quantitative estimate of drug-likeness (QED) is 0.846. The van der Waals surface area contributed by atoms with Crippen LogP contribution in [0.3, 0.4) is 0 Å². The van der Waals surface area contributed by atoms with E-state index in [1.807, 2.05) is 0 Å². The Hall–Kier alpha value is -1.37. The summed E-state index contributed by atoms with van der Waals surface area (Å²) in [6.07, 6.45) is 0.614. The molecule has 0 radical (unpaired) electrons. The third kappa shape index (κ3) is 3.59. The first-order chi connectivity index (χ1) is 11.0. The summed E-state index contributed by atoms with van der Waals surface area (Å²) in [6.45, 7) is 4.00. The summed E-state index contributed by atoms with van der Waals surface area (Å²) >= 11 is 5.92. The molecule has 0 saturated carbocycles. The molecular weight excluding hydrogens is 325 g/mol. The first-order valence-corrected chi connectivity index (χ1v) is 8.05. The molecule has 2 fully saturated rings. The van der Waals surface area contributed by atoms with Crippen molar-refractivity contribution in [1.29, 1.82) is 0 Å². The Labute approximate surface area is 139 Å². The van der Waals surface area contributed by atoms with E-state index in [1.165, 1.54) is 12.1 Å². The lowest BCUT2D eigenvalue weighted by Gasteiger charge is -2.38. The number of piperidine rings is 1. The minimum Gasteiger partial charge on any atom is -0.479 e. The maximum absolute atomic E-state index is 13.0. The van der Waals surface area contributed by atoms with Crippen molar-refractivity contribution in [2.24, 2.45) is 0 Å². The van der Waals surface area contributed by atoms with Gasteiger partial charge in [0.15, 0.2) is 11.9 Å². The van der Waals surface area contributed by atoms with E-state index in [0.717, 1.165) is 6.07 Å². The van der Waals surface area contributed by atoms with Gasteiger partial charge in [0.2, 0.25) is 0 Å². The average molecular weight is 344 g/mol. The Morgan fingerprint density at radius 2 is 2.00 bits per heavy atom. The monoisotopic (exact) mass is 343 g/mol. The zero-order chi connectivity index (χ0) is 16.4. The van der Waals surface area contributed by atoms with E-state index in [2.05, 4.69) is 0 Å². The number of halogens is 2. The minimum absolute atomic E-state index is 0.127. The highest BCUT2D eigenvalue weighted by Gasteiger charge is 2.41. The van der Waals surface area contributed by atoms with Crippen LogP contribution in [0.15, 0.2) is 18.2 Å². The fraction of sp³-hybridized carbons (Fsp3) is 0.562. The SMILES string of the molecule is C[C@@H](Oc1ccc(F)cc1Cl)C(=O)N1CCC2(CC1)OCCO2. The van der Waals surface area contributed by atoms with Crippen LogP contribution in [0.2, 0.25) is 5.02 Å². The Morgan fingerprint density at radius 3 is 2.61 bits per heavy atom. The molecule has 1 atom stereocenters. The van der Waals surface area contributed by atoms with Crippen molar-refractivity contribution in [3.8, 4) is 5.75 Å². The molecule has 0 N–H and O–H groups in total. The van der Waals surface area contributed by atoms with Crippen molar-refractivity contribution in [3.63, 3.8) is 0 Å².